The smallest absolute Gasteiger partial charge is 0.228 e. The number of anilines is 1. The summed E-state index contributed by atoms with van der Waals surface area (Å²) in [5.41, 5.74) is 1.05. The van der Waals surface area contributed by atoms with Gasteiger partial charge in [-0.1, -0.05) is 12.1 Å². The van der Waals surface area contributed by atoms with Gasteiger partial charge in [-0.2, -0.15) is 4.31 Å². The zero-order chi connectivity index (χ0) is 18.3. The summed E-state index contributed by atoms with van der Waals surface area (Å²) in [4.78, 5) is 16.8. The summed E-state index contributed by atoms with van der Waals surface area (Å²) < 4.78 is 31.2. The minimum Gasteiger partial charge on any atom is -0.495 e. The molecule has 3 fully saturated rings. The van der Waals surface area contributed by atoms with E-state index in [1.807, 2.05) is 29.2 Å². The maximum Gasteiger partial charge on any atom is 0.228 e. The SMILES string of the molecule is COc1ccccc1N1CCN(C(=O)C2CN(S(=O)(=O)C3CC3)C2)CC1. The van der Waals surface area contributed by atoms with Crippen LogP contribution < -0.4 is 9.64 Å². The predicted molar refractivity (Wildman–Crippen MR) is 98.8 cm³/mol. The second-order valence-electron chi connectivity index (χ2n) is 7.24. The molecule has 2 saturated heterocycles. The van der Waals surface area contributed by atoms with Crippen LogP contribution in [-0.4, -0.2) is 75.2 Å². The summed E-state index contributed by atoms with van der Waals surface area (Å²) >= 11 is 0. The molecule has 0 atom stereocenters. The second-order valence-corrected chi connectivity index (χ2v) is 9.46. The standard InChI is InChI=1S/C18H25N3O4S/c1-25-17-5-3-2-4-16(17)19-8-10-20(11-9-19)18(22)14-12-21(13-14)26(23,24)15-6-7-15/h2-5,14-15H,6-13H2,1H3. The van der Waals surface area contributed by atoms with Gasteiger partial charge in [0.25, 0.3) is 0 Å². The first kappa shape index (κ1) is 17.6. The maximum absolute atomic E-state index is 12.7. The zero-order valence-electron chi connectivity index (χ0n) is 15.0. The van der Waals surface area contributed by atoms with Crippen molar-refractivity contribution in [3.05, 3.63) is 24.3 Å². The fourth-order valence-corrected chi connectivity index (χ4v) is 5.62. The minimum atomic E-state index is -3.14. The predicted octanol–water partition coefficient (Wildman–Crippen LogP) is 0.768. The Morgan fingerprint density at radius 1 is 1.08 bits per heavy atom. The Kier molecular flexibility index (Phi) is 4.56. The van der Waals surface area contributed by atoms with E-state index in [4.69, 9.17) is 4.74 Å². The third-order valence-electron chi connectivity index (χ3n) is 5.52. The van der Waals surface area contributed by atoms with Gasteiger partial charge in [0, 0.05) is 39.3 Å². The molecule has 0 radical (unpaired) electrons. The number of hydrogen-bond donors (Lipinski definition) is 0. The monoisotopic (exact) mass is 379 g/mol. The van der Waals surface area contributed by atoms with E-state index in [0.717, 1.165) is 37.4 Å². The molecule has 1 aromatic carbocycles. The van der Waals surface area contributed by atoms with Crippen molar-refractivity contribution in [3.8, 4) is 5.75 Å². The molecule has 0 unspecified atom stereocenters. The molecule has 3 aliphatic rings. The number of methoxy groups -OCH3 is 1. The number of sulfonamides is 1. The van der Waals surface area contributed by atoms with Gasteiger partial charge in [0.05, 0.1) is 24.0 Å². The van der Waals surface area contributed by atoms with E-state index in [2.05, 4.69) is 4.90 Å². The van der Waals surface area contributed by atoms with Gasteiger partial charge in [-0.05, 0) is 25.0 Å². The molecule has 1 aromatic rings. The number of nitrogens with zero attached hydrogens (tertiary/aromatic N) is 3. The van der Waals surface area contributed by atoms with E-state index >= 15 is 0 Å². The van der Waals surface area contributed by atoms with Gasteiger partial charge in [0.2, 0.25) is 15.9 Å². The molecule has 1 aliphatic carbocycles. The number of benzene rings is 1. The fourth-order valence-electron chi connectivity index (χ4n) is 3.70. The van der Waals surface area contributed by atoms with Crippen molar-refractivity contribution >= 4 is 21.6 Å². The normalized spacial score (nSPS) is 22.2. The Bertz CT molecular complexity index is 779. The molecular weight excluding hydrogens is 354 g/mol. The second kappa shape index (κ2) is 6.74. The van der Waals surface area contributed by atoms with Crippen molar-refractivity contribution in [1.82, 2.24) is 9.21 Å². The first-order valence-corrected chi connectivity index (χ1v) is 10.7. The molecule has 142 valence electrons. The Hall–Kier alpha value is -1.80. The van der Waals surface area contributed by atoms with Gasteiger partial charge in [-0.25, -0.2) is 8.42 Å². The van der Waals surface area contributed by atoms with Crippen molar-refractivity contribution in [3.63, 3.8) is 0 Å². The number of piperazine rings is 1. The largest absolute Gasteiger partial charge is 0.495 e. The van der Waals surface area contributed by atoms with E-state index in [9.17, 15) is 13.2 Å². The summed E-state index contributed by atoms with van der Waals surface area (Å²) in [6, 6.07) is 7.90. The average molecular weight is 379 g/mol. The van der Waals surface area contributed by atoms with Crippen LogP contribution in [0.5, 0.6) is 5.75 Å². The highest BCUT2D eigenvalue weighted by Gasteiger charge is 2.47. The first-order chi connectivity index (χ1) is 12.5. The van der Waals surface area contributed by atoms with Crippen LogP contribution in [0.4, 0.5) is 5.69 Å². The van der Waals surface area contributed by atoms with Gasteiger partial charge in [0.1, 0.15) is 5.75 Å². The van der Waals surface area contributed by atoms with Crippen LogP contribution in [0.2, 0.25) is 0 Å². The first-order valence-electron chi connectivity index (χ1n) is 9.16. The maximum atomic E-state index is 12.7. The lowest BCUT2D eigenvalue weighted by molar-refractivity contribution is -0.139. The highest BCUT2D eigenvalue weighted by atomic mass is 32.2. The Labute approximate surface area is 154 Å². The number of para-hydroxylation sites is 2. The van der Waals surface area contributed by atoms with E-state index in [1.54, 1.807) is 7.11 Å². The number of ether oxygens (including phenoxy) is 1. The van der Waals surface area contributed by atoms with E-state index < -0.39 is 10.0 Å². The van der Waals surface area contributed by atoms with Crippen molar-refractivity contribution in [1.29, 1.82) is 0 Å². The van der Waals surface area contributed by atoms with Crippen LogP contribution in [0.3, 0.4) is 0 Å². The van der Waals surface area contributed by atoms with Gasteiger partial charge in [-0.15, -0.1) is 0 Å². The van der Waals surface area contributed by atoms with Crippen LogP contribution in [-0.2, 0) is 14.8 Å². The summed E-state index contributed by atoms with van der Waals surface area (Å²) in [6.45, 7) is 3.52. The molecular formula is C18H25N3O4S. The minimum absolute atomic E-state index is 0.0897. The van der Waals surface area contributed by atoms with Crippen LogP contribution in [0.25, 0.3) is 0 Å². The van der Waals surface area contributed by atoms with Crippen LogP contribution >= 0.6 is 0 Å². The number of rotatable bonds is 5. The van der Waals surface area contributed by atoms with Gasteiger partial charge in [0.15, 0.2) is 0 Å². The van der Waals surface area contributed by atoms with E-state index in [-0.39, 0.29) is 17.1 Å². The molecule has 0 aromatic heterocycles. The average Bonchev–Trinajstić information content (AvgIpc) is 3.46. The molecule has 2 heterocycles. The number of carbonyl (C=O) groups excluding carboxylic acids is 1. The molecule has 7 nitrogen and oxygen atoms in total. The molecule has 1 amide bonds. The molecule has 4 rings (SSSR count). The Balaban J connectivity index is 1.30. The Morgan fingerprint density at radius 2 is 1.73 bits per heavy atom. The summed E-state index contributed by atoms with van der Waals surface area (Å²) in [7, 11) is -1.47. The molecule has 1 saturated carbocycles. The highest BCUT2D eigenvalue weighted by molar-refractivity contribution is 7.90. The lowest BCUT2D eigenvalue weighted by Crippen LogP contribution is -2.59. The molecule has 8 heteroatoms. The van der Waals surface area contributed by atoms with E-state index in [1.165, 1.54) is 4.31 Å². The summed E-state index contributed by atoms with van der Waals surface area (Å²) in [6.07, 6.45) is 1.53. The quantitative estimate of drug-likeness (QED) is 0.756. The summed E-state index contributed by atoms with van der Waals surface area (Å²) in [5, 5.41) is -0.192. The van der Waals surface area contributed by atoms with Gasteiger partial charge in [-0.3, -0.25) is 4.79 Å². The van der Waals surface area contributed by atoms with Crippen LogP contribution in [0, 0.1) is 5.92 Å². The molecule has 0 N–H and O–H groups in total. The highest BCUT2D eigenvalue weighted by Crippen LogP contribution is 2.35. The van der Waals surface area contributed by atoms with Gasteiger partial charge >= 0.3 is 0 Å². The molecule has 26 heavy (non-hydrogen) atoms. The van der Waals surface area contributed by atoms with Crippen molar-refractivity contribution in [2.75, 3.05) is 51.3 Å². The third kappa shape index (κ3) is 3.16. The van der Waals surface area contributed by atoms with Crippen LogP contribution in [0.1, 0.15) is 12.8 Å². The van der Waals surface area contributed by atoms with Gasteiger partial charge < -0.3 is 14.5 Å². The number of amides is 1. The Morgan fingerprint density at radius 3 is 2.35 bits per heavy atom. The number of hydrogen-bond acceptors (Lipinski definition) is 5. The fraction of sp³-hybridized carbons (Fsp3) is 0.611. The van der Waals surface area contributed by atoms with Crippen molar-refractivity contribution in [2.24, 2.45) is 5.92 Å². The zero-order valence-corrected chi connectivity index (χ0v) is 15.8. The topological polar surface area (TPSA) is 70.2 Å². The molecule has 0 spiro atoms. The lowest BCUT2D eigenvalue weighted by atomic mass is 10.0. The lowest BCUT2D eigenvalue weighted by Gasteiger charge is -2.42. The molecule has 0 bridgehead atoms. The van der Waals surface area contributed by atoms with Crippen LogP contribution in [0.15, 0.2) is 24.3 Å². The number of carbonyl (C=O) groups is 1. The van der Waals surface area contributed by atoms with Crippen molar-refractivity contribution in [2.45, 2.75) is 18.1 Å². The summed E-state index contributed by atoms with van der Waals surface area (Å²) in [5.74, 6) is 0.750. The molecule has 2 aliphatic heterocycles. The van der Waals surface area contributed by atoms with E-state index in [0.29, 0.717) is 26.2 Å². The third-order valence-corrected chi connectivity index (χ3v) is 7.85. The van der Waals surface area contributed by atoms with Crippen molar-refractivity contribution < 1.29 is 17.9 Å².